The molecule has 4 rings (SSSR count). The van der Waals surface area contributed by atoms with Crippen LogP contribution in [0.1, 0.15) is 41.7 Å². The Morgan fingerprint density at radius 3 is 2.44 bits per heavy atom. The van der Waals surface area contributed by atoms with E-state index in [9.17, 15) is 9.59 Å². The molecule has 0 spiro atoms. The lowest BCUT2D eigenvalue weighted by molar-refractivity contribution is 0.0982. The second-order valence-corrected chi connectivity index (χ2v) is 9.54. The third-order valence-corrected chi connectivity index (χ3v) is 6.91. The van der Waals surface area contributed by atoms with Crippen molar-refractivity contribution in [2.24, 2.45) is 0 Å². The Hall–Kier alpha value is -2.70. The van der Waals surface area contributed by atoms with E-state index in [4.69, 9.17) is 4.98 Å². The Morgan fingerprint density at radius 1 is 1.03 bits per heavy atom. The summed E-state index contributed by atoms with van der Waals surface area (Å²) in [5.41, 5.74) is 2.40. The quantitative estimate of drug-likeness (QED) is 0.118. The molecule has 0 N–H and O–H groups in total. The number of hydrogen-bond donors (Lipinski definition) is 0. The van der Waals surface area contributed by atoms with Crippen molar-refractivity contribution in [3.63, 3.8) is 0 Å². The van der Waals surface area contributed by atoms with Gasteiger partial charge in [-0.25, -0.2) is 4.98 Å². The third-order valence-electron chi connectivity index (χ3n) is 5.37. The van der Waals surface area contributed by atoms with Crippen molar-refractivity contribution in [2.45, 2.75) is 31.0 Å². The summed E-state index contributed by atoms with van der Waals surface area (Å²) in [4.78, 5) is 30.7. The average molecular weight is 507 g/mol. The van der Waals surface area contributed by atoms with Crippen LogP contribution in [0.15, 0.2) is 93.3 Å². The average Bonchev–Trinajstić information content (AvgIpc) is 2.83. The van der Waals surface area contributed by atoms with Gasteiger partial charge in [-0.1, -0.05) is 88.4 Å². The molecule has 0 bridgehead atoms. The molecule has 3 aromatic carbocycles. The lowest BCUT2D eigenvalue weighted by Crippen LogP contribution is -2.27. The zero-order valence-corrected chi connectivity index (χ0v) is 20.1. The van der Waals surface area contributed by atoms with E-state index in [0.29, 0.717) is 34.7 Å². The molecule has 0 saturated carbocycles. The fourth-order valence-corrected chi connectivity index (χ4v) is 5.01. The van der Waals surface area contributed by atoms with E-state index in [1.165, 1.54) is 11.8 Å². The van der Waals surface area contributed by atoms with Crippen LogP contribution in [0.3, 0.4) is 0 Å². The number of fused-ring (bicyclic) bond motifs is 1. The number of nitrogens with zero attached hydrogens (tertiary/aromatic N) is 2. The highest BCUT2D eigenvalue weighted by Gasteiger charge is 2.18. The molecule has 0 aliphatic rings. The molecule has 0 aliphatic carbocycles. The highest BCUT2D eigenvalue weighted by molar-refractivity contribution is 9.10. The summed E-state index contributed by atoms with van der Waals surface area (Å²) in [5.74, 6) is 0.840. The Bertz CT molecular complexity index is 1290. The second kappa shape index (κ2) is 10.3. The number of aromatic nitrogens is 2. The van der Waals surface area contributed by atoms with Crippen molar-refractivity contribution in [1.82, 2.24) is 9.55 Å². The van der Waals surface area contributed by atoms with Crippen LogP contribution in [0.4, 0.5) is 0 Å². The Morgan fingerprint density at radius 2 is 1.72 bits per heavy atom. The molecular weight excluding hydrogens is 484 g/mol. The number of rotatable bonds is 8. The van der Waals surface area contributed by atoms with Crippen LogP contribution in [0, 0.1) is 0 Å². The third kappa shape index (κ3) is 5.03. The minimum atomic E-state index is -0.159. The number of hydrogen-bond acceptors (Lipinski definition) is 4. The standard InChI is InChI=1S/C26H23BrN2O2S/c1-18(19-9-4-2-5-10-19)29-25(31)22-17-21(27)14-15-23(22)28-26(29)32-16-8-13-24(30)20-11-6-3-7-12-20/h2-7,9-12,14-15,17-18H,8,13,16H2,1H3. The lowest BCUT2D eigenvalue weighted by atomic mass is 10.1. The van der Waals surface area contributed by atoms with Gasteiger partial charge in [-0.05, 0) is 37.1 Å². The van der Waals surface area contributed by atoms with Gasteiger partial charge < -0.3 is 0 Å². The molecule has 1 aromatic heterocycles. The molecule has 1 atom stereocenters. The molecule has 0 fully saturated rings. The molecule has 1 heterocycles. The number of Topliss-reactive ketones (excluding diaryl/α,β-unsaturated/α-hetero) is 1. The first-order valence-electron chi connectivity index (χ1n) is 10.5. The number of ketones is 1. The van der Waals surface area contributed by atoms with Gasteiger partial charge >= 0.3 is 0 Å². The van der Waals surface area contributed by atoms with E-state index in [0.717, 1.165) is 15.6 Å². The smallest absolute Gasteiger partial charge is 0.262 e. The molecule has 0 radical (unpaired) electrons. The highest BCUT2D eigenvalue weighted by atomic mass is 79.9. The zero-order chi connectivity index (χ0) is 22.5. The Labute approximate surface area is 199 Å². The first kappa shape index (κ1) is 22.5. The normalized spacial score (nSPS) is 12.1. The molecule has 4 nitrogen and oxygen atoms in total. The number of halogens is 1. The fraction of sp³-hybridized carbons (Fsp3) is 0.192. The molecule has 4 aromatic rings. The van der Waals surface area contributed by atoms with E-state index in [2.05, 4.69) is 15.9 Å². The lowest BCUT2D eigenvalue weighted by Gasteiger charge is -2.20. The van der Waals surface area contributed by atoms with Crippen LogP contribution in [0.25, 0.3) is 10.9 Å². The molecule has 6 heteroatoms. The summed E-state index contributed by atoms with van der Waals surface area (Å²) >= 11 is 4.99. The first-order valence-corrected chi connectivity index (χ1v) is 12.3. The summed E-state index contributed by atoms with van der Waals surface area (Å²) in [6.45, 7) is 2.02. The van der Waals surface area contributed by atoms with Gasteiger partial charge in [-0.15, -0.1) is 0 Å². The fourth-order valence-electron chi connectivity index (χ4n) is 3.64. The van der Waals surface area contributed by atoms with Crippen LogP contribution in [0.5, 0.6) is 0 Å². The summed E-state index contributed by atoms with van der Waals surface area (Å²) in [7, 11) is 0. The van der Waals surface area contributed by atoms with E-state index >= 15 is 0 Å². The van der Waals surface area contributed by atoms with Gasteiger partial charge in [0.1, 0.15) is 0 Å². The monoisotopic (exact) mass is 506 g/mol. The van der Waals surface area contributed by atoms with Crippen molar-refractivity contribution in [1.29, 1.82) is 0 Å². The maximum Gasteiger partial charge on any atom is 0.262 e. The summed E-state index contributed by atoms with van der Waals surface area (Å²) in [6.07, 6.45) is 1.18. The zero-order valence-electron chi connectivity index (χ0n) is 17.7. The number of carbonyl (C=O) groups excluding carboxylic acids is 1. The van der Waals surface area contributed by atoms with E-state index < -0.39 is 0 Å². The van der Waals surface area contributed by atoms with Crippen LogP contribution in [0.2, 0.25) is 0 Å². The summed E-state index contributed by atoms with van der Waals surface area (Å²) in [6, 6.07) is 24.7. The van der Waals surface area contributed by atoms with Gasteiger partial charge in [0, 0.05) is 22.2 Å². The molecule has 0 saturated heterocycles. The maximum absolute atomic E-state index is 13.5. The molecular formula is C26H23BrN2O2S. The largest absolute Gasteiger partial charge is 0.294 e. The SMILES string of the molecule is CC(c1ccccc1)n1c(SCCCC(=O)c2ccccc2)nc2ccc(Br)cc2c1=O. The van der Waals surface area contributed by atoms with Gasteiger partial charge in [-0.2, -0.15) is 0 Å². The van der Waals surface area contributed by atoms with Crippen LogP contribution in [-0.2, 0) is 0 Å². The Kier molecular flexibility index (Phi) is 7.22. The van der Waals surface area contributed by atoms with Crippen LogP contribution < -0.4 is 5.56 Å². The molecule has 0 amide bonds. The van der Waals surface area contributed by atoms with Crippen molar-refractivity contribution >= 4 is 44.4 Å². The topological polar surface area (TPSA) is 52.0 Å². The predicted molar refractivity (Wildman–Crippen MR) is 135 cm³/mol. The van der Waals surface area contributed by atoms with Crippen molar-refractivity contribution in [2.75, 3.05) is 5.75 Å². The molecule has 32 heavy (non-hydrogen) atoms. The molecule has 1 unspecified atom stereocenters. The van der Waals surface area contributed by atoms with Crippen molar-refractivity contribution in [3.8, 4) is 0 Å². The summed E-state index contributed by atoms with van der Waals surface area (Å²) in [5, 5.41) is 1.26. The Balaban J connectivity index is 1.60. The predicted octanol–water partition coefficient (Wildman–Crippen LogP) is 6.52. The minimum absolute atomic E-state index is 0.0597. The second-order valence-electron chi connectivity index (χ2n) is 7.56. The van der Waals surface area contributed by atoms with E-state index in [1.807, 2.05) is 85.8 Å². The first-order chi connectivity index (χ1) is 15.5. The van der Waals surface area contributed by atoms with Crippen molar-refractivity contribution < 1.29 is 4.79 Å². The maximum atomic E-state index is 13.5. The number of thioether (sulfide) groups is 1. The molecule has 0 aliphatic heterocycles. The summed E-state index contributed by atoms with van der Waals surface area (Å²) < 4.78 is 2.62. The van der Waals surface area contributed by atoms with Crippen molar-refractivity contribution in [3.05, 3.63) is 105 Å². The van der Waals surface area contributed by atoms with E-state index in [1.54, 1.807) is 4.57 Å². The van der Waals surface area contributed by atoms with Gasteiger partial charge in [0.25, 0.3) is 5.56 Å². The number of carbonyl (C=O) groups is 1. The van der Waals surface area contributed by atoms with Gasteiger partial charge in [0.05, 0.1) is 16.9 Å². The van der Waals surface area contributed by atoms with Crippen LogP contribution >= 0.6 is 27.7 Å². The van der Waals surface area contributed by atoms with Gasteiger partial charge in [-0.3, -0.25) is 14.2 Å². The highest BCUT2D eigenvalue weighted by Crippen LogP contribution is 2.26. The van der Waals surface area contributed by atoms with E-state index in [-0.39, 0.29) is 17.4 Å². The van der Waals surface area contributed by atoms with Gasteiger partial charge in [0.2, 0.25) is 0 Å². The number of benzene rings is 3. The van der Waals surface area contributed by atoms with Crippen LogP contribution in [-0.4, -0.2) is 21.1 Å². The molecule has 162 valence electrons. The minimum Gasteiger partial charge on any atom is -0.294 e. The van der Waals surface area contributed by atoms with Gasteiger partial charge in [0.15, 0.2) is 10.9 Å².